The molecule has 0 aromatic heterocycles. The van der Waals surface area contributed by atoms with E-state index in [0.29, 0.717) is 0 Å². The minimum absolute atomic E-state index is 0.291. The molecular weight excluding hydrogens is 156 g/mol. The average Bonchev–Trinajstić information content (AvgIpc) is 2.21. The molecule has 1 unspecified atom stereocenters. The van der Waals surface area contributed by atoms with Gasteiger partial charge in [-0.15, -0.1) is 0 Å². The van der Waals surface area contributed by atoms with Crippen molar-refractivity contribution in [2.24, 2.45) is 0 Å². The number of rotatable bonds is 2. The summed E-state index contributed by atoms with van der Waals surface area (Å²) >= 11 is 0. The number of hydrogen-bond acceptors (Lipinski definition) is 3. The van der Waals surface area contributed by atoms with Crippen LogP contribution in [0.1, 0.15) is 25.0 Å². The molecule has 3 heteroatoms. The Hall–Kier alpha value is -0.900. The van der Waals surface area contributed by atoms with Crippen molar-refractivity contribution in [1.82, 2.24) is 0 Å². The minimum Gasteiger partial charge on any atom is -0.388 e. The topological polar surface area (TPSA) is 60.7 Å². The van der Waals surface area contributed by atoms with E-state index in [2.05, 4.69) is 0 Å². The van der Waals surface area contributed by atoms with Crippen LogP contribution in [0.3, 0.4) is 0 Å². The third kappa shape index (κ3) is 3.48. The first-order valence-corrected chi connectivity index (χ1v) is 3.77. The fourth-order valence-corrected chi connectivity index (χ4v) is 0.911. The molecule has 1 rings (SSSR count). The van der Waals surface area contributed by atoms with Gasteiger partial charge in [-0.1, -0.05) is 37.3 Å². The Kier molecular flexibility index (Phi) is 6.28. The van der Waals surface area contributed by atoms with Crippen molar-refractivity contribution >= 4 is 0 Å². The maximum atomic E-state index is 9.33. The summed E-state index contributed by atoms with van der Waals surface area (Å²) < 4.78 is 0. The summed E-state index contributed by atoms with van der Waals surface area (Å²) in [6.45, 7) is 1.97. The Morgan fingerprint density at radius 2 is 1.67 bits per heavy atom. The lowest BCUT2D eigenvalue weighted by atomic mass is 10.1. The molecule has 0 fully saturated rings. The van der Waals surface area contributed by atoms with Gasteiger partial charge < -0.3 is 5.11 Å². The Balaban J connectivity index is 0.000000561. The molecule has 1 atom stereocenters. The molecular formula is C9H14O3. The van der Waals surface area contributed by atoms with E-state index >= 15 is 0 Å². The molecule has 3 N–H and O–H groups in total. The molecule has 3 nitrogen and oxygen atoms in total. The van der Waals surface area contributed by atoms with E-state index in [1.54, 1.807) is 0 Å². The van der Waals surface area contributed by atoms with Crippen LogP contribution in [0.2, 0.25) is 0 Å². The van der Waals surface area contributed by atoms with E-state index in [1.807, 2.05) is 37.3 Å². The summed E-state index contributed by atoms with van der Waals surface area (Å²) in [6, 6.07) is 9.70. The fraction of sp³-hybridized carbons (Fsp3) is 0.333. The molecule has 0 saturated carbocycles. The highest BCUT2D eigenvalue weighted by atomic mass is 17.0. The van der Waals surface area contributed by atoms with E-state index in [9.17, 15) is 5.11 Å². The second kappa shape index (κ2) is 6.79. The van der Waals surface area contributed by atoms with Gasteiger partial charge in [-0.05, 0) is 12.0 Å². The second-order valence-corrected chi connectivity index (χ2v) is 2.33. The van der Waals surface area contributed by atoms with E-state index in [0.717, 1.165) is 12.0 Å². The van der Waals surface area contributed by atoms with Crippen LogP contribution in [-0.2, 0) is 0 Å². The zero-order valence-corrected chi connectivity index (χ0v) is 7.01. The van der Waals surface area contributed by atoms with Crippen LogP contribution >= 0.6 is 0 Å². The molecule has 0 aliphatic heterocycles. The van der Waals surface area contributed by atoms with E-state index in [4.69, 9.17) is 10.5 Å². The summed E-state index contributed by atoms with van der Waals surface area (Å²) in [5.74, 6) is 0. The largest absolute Gasteiger partial charge is 0.388 e. The van der Waals surface area contributed by atoms with Gasteiger partial charge in [0.1, 0.15) is 0 Å². The first-order chi connectivity index (χ1) is 5.84. The first kappa shape index (κ1) is 11.1. The summed E-state index contributed by atoms with van der Waals surface area (Å²) in [5.41, 5.74) is 1.00. The standard InChI is InChI=1S/C9H12O.H2O2/c1-2-9(10)8-6-4-3-5-7-8;1-2/h3-7,9-10H,2H2,1H3;1-2H. The van der Waals surface area contributed by atoms with Gasteiger partial charge in [0.15, 0.2) is 0 Å². The molecule has 0 amide bonds. The SMILES string of the molecule is CCC(O)c1ccccc1.OO. The molecule has 0 aliphatic rings. The van der Waals surface area contributed by atoms with Gasteiger partial charge in [-0.2, -0.15) is 0 Å². The highest BCUT2D eigenvalue weighted by molar-refractivity contribution is 5.16. The third-order valence-corrected chi connectivity index (χ3v) is 1.57. The molecule has 0 radical (unpaired) electrons. The van der Waals surface area contributed by atoms with Gasteiger partial charge in [-0.3, -0.25) is 10.5 Å². The summed E-state index contributed by atoms with van der Waals surface area (Å²) in [4.78, 5) is 0. The van der Waals surface area contributed by atoms with Gasteiger partial charge in [0.25, 0.3) is 0 Å². The molecule has 0 spiro atoms. The second-order valence-electron chi connectivity index (χ2n) is 2.33. The molecule has 1 aromatic carbocycles. The minimum atomic E-state index is -0.291. The first-order valence-electron chi connectivity index (χ1n) is 3.77. The van der Waals surface area contributed by atoms with Gasteiger partial charge in [0.05, 0.1) is 6.10 Å². The van der Waals surface area contributed by atoms with Crippen molar-refractivity contribution in [3.63, 3.8) is 0 Å². The number of aliphatic hydroxyl groups excluding tert-OH is 1. The number of benzene rings is 1. The van der Waals surface area contributed by atoms with Gasteiger partial charge in [0.2, 0.25) is 0 Å². The summed E-state index contributed by atoms with van der Waals surface area (Å²) in [7, 11) is 0. The number of hydrogen-bond donors (Lipinski definition) is 3. The van der Waals surface area contributed by atoms with Gasteiger partial charge in [-0.25, -0.2) is 0 Å². The van der Waals surface area contributed by atoms with Crippen molar-refractivity contribution < 1.29 is 15.6 Å². The maximum Gasteiger partial charge on any atom is 0.0787 e. The monoisotopic (exact) mass is 170 g/mol. The average molecular weight is 170 g/mol. The van der Waals surface area contributed by atoms with E-state index < -0.39 is 0 Å². The normalized spacial score (nSPS) is 11.3. The Morgan fingerprint density at radius 3 is 2.08 bits per heavy atom. The quantitative estimate of drug-likeness (QED) is 0.470. The smallest absolute Gasteiger partial charge is 0.0787 e. The molecule has 1 aromatic rings. The van der Waals surface area contributed by atoms with Crippen molar-refractivity contribution in [3.05, 3.63) is 35.9 Å². The van der Waals surface area contributed by atoms with Crippen LogP contribution in [0.25, 0.3) is 0 Å². The molecule has 12 heavy (non-hydrogen) atoms. The van der Waals surface area contributed by atoms with Crippen LogP contribution in [0.15, 0.2) is 30.3 Å². The van der Waals surface area contributed by atoms with Crippen molar-refractivity contribution in [2.45, 2.75) is 19.4 Å². The van der Waals surface area contributed by atoms with Crippen molar-refractivity contribution in [3.8, 4) is 0 Å². The van der Waals surface area contributed by atoms with E-state index in [-0.39, 0.29) is 6.10 Å². The summed E-state index contributed by atoms with van der Waals surface area (Å²) in [5, 5.41) is 21.3. The molecule has 68 valence electrons. The van der Waals surface area contributed by atoms with Crippen LogP contribution in [-0.4, -0.2) is 15.6 Å². The van der Waals surface area contributed by atoms with Crippen molar-refractivity contribution in [2.75, 3.05) is 0 Å². The van der Waals surface area contributed by atoms with E-state index in [1.165, 1.54) is 0 Å². The lowest BCUT2D eigenvalue weighted by Gasteiger charge is -2.05. The zero-order chi connectivity index (χ0) is 9.40. The highest BCUT2D eigenvalue weighted by Crippen LogP contribution is 2.14. The maximum absolute atomic E-state index is 9.33. The highest BCUT2D eigenvalue weighted by Gasteiger charge is 2.00. The zero-order valence-electron chi connectivity index (χ0n) is 7.01. The molecule has 0 bridgehead atoms. The van der Waals surface area contributed by atoms with Crippen LogP contribution in [0.5, 0.6) is 0 Å². The molecule has 0 saturated heterocycles. The fourth-order valence-electron chi connectivity index (χ4n) is 0.911. The number of aliphatic hydroxyl groups is 1. The third-order valence-electron chi connectivity index (χ3n) is 1.57. The molecule has 0 heterocycles. The summed E-state index contributed by atoms with van der Waals surface area (Å²) in [6.07, 6.45) is 0.491. The lowest BCUT2D eigenvalue weighted by molar-refractivity contribution is -0.176. The van der Waals surface area contributed by atoms with Gasteiger partial charge in [0, 0.05) is 0 Å². The Labute approximate surface area is 71.8 Å². The van der Waals surface area contributed by atoms with Crippen molar-refractivity contribution in [1.29, 1.82) is 0 Å². The Bertz CT molecular complexity index is 186. The van der Waals surface area contributed by atoms with Crippen LogP contribution in [0, 0.1) is 0 Å². The molecule has 0 aliphatic carbocycles. The lowest BCUT2D eigenvalue weighted by Crippen LogP contribution is -1.93. The Morgan fingerprint density at radius 1 is 1.17 bits per heavy atom. The van der Waals surface area contributed by atoms with Crippen LogP contribution < -0.4 is 0 Å². The van der Waals surface area contributed by atoms with Crippen LogP contribution in [0.4, 0.5) is 0 Å². The predicted octanol–water partition coefficient (Wildman–Crippen LogP) is 2.15. The predicted molar refractivity (Wildman–Crippen MR) is 47.0 cm³/mol. The van der Waals surface area contributed by atoms with Gasteiger partial charge >= 0.3 is 0 Å².